The zero-order valence-electron chi connectivity index (χ0n) is 6.39. The van der Waals surface area contributed by atoms with E-state index in [4.69, 9.17) is 17.3 Å². The Bertz CT molecular complexity index is 223. The fourth-order valence-electron chi connectivity index (χ4n) is 1.03. The molecule has 0 atom stereocenters. The van der Waals surface area contributed by atoms with Crippen molar-refractivity contribution in [3.8, 4) is 0 Å². The molecule has 0 bridgehead atoms. The molecule has 2 heteroatoms. The Balaban J connectivity index is 2.74. The van der Waals surface area contributed by atoms with Crippen LogP contribution in [-0.4, -0.2) is 6.54 Å². The maximum absolute atomic E-state index is 5.67. The van der Waals surface area contributed by atoms with Crippen molar-refractivity contribution in [1.82, 2.24) is 0 Å². The summed E-state index contributed by atoms with van der Waals surface area (Å²) in [5, 5.41) is 0. The molecule has 0 aliphatic rings. The molecule has 0 saturated carbocycles. The predicted molar refractivity (Wildman–Crippen MR) is 48.8 cm³/mol. The zero-order valence-corrected chi connectivity index (χ0v) is 7.14. The molecule has 0 fully saturated rings. The van der Waals surface area contributed by atoms with Crippen LogP contribution in [0.2, 0.25) is 0 Å². The highest BCUT2D eigenvalue weighted by atomic mass is 35.5. The van der Waals surface area contributed by atoms with Crippen molar-refractivity contribution in [2.45, 2.75) is 12.3 Å². The first-order chi connectivity index (χ1) is 5.36. The minimum atomic E-state index is 0.582. The van der Waals surface area contributed by atoms with E-state index in [0.717, 1.165) is 12.0 Å². The quantitative estimate of drug-likeness (QED) is 0.688. The second-order valence-electron chi connectivity index (χ2n) is 2.49. The van der Waals surface area contributed by atoms with Gasteiger partial charge in [-0.2, -0.15) is 0 Å². The monoisotopic (exact) mass is 169 g/mol. The summed E-state index contributed by atoms with van der Waals surface area (Å²) in [6, 6.07) is 8.21. The molecular formula is C9H12ClN. The molecule has 0 radical (unpaired) electrons. The highest BCUT2D eigenvalue weighted by molar-refractivity contribution is 6.17. The fourth-order valence-corrected chi connectivity index (χ4v) is 1.20. The van der Waals surface area contributed by atoms with Crippen LogP contribution < -0.4 is 5.73 Å². The van der Waals surface area contributed by atoms with E-state index in [1.54, 1.807) is 0 Å². The predicted octanol–water partition coefficient (Wildman–Crippen LogP) is 1.93. The van der Waals surface area contributed by atoms with E-state index in [9.17, 15) is 0 Å². The topological polar surface area (TPSA) is 26.0 Å². The lowest BCUT2D eigenvalue weighted by molar-refractivity contribution is 0.966. The van der Waals surface area contributed by atoms with E-state index in [0.29, 0.717) is 12.4 Å². The first-order valence-corrected chi connectivity index (χ1v) is 4.24. The molecule has 1 aromatic carbocycles. The Hall–Kier alpha value is -0.530. The summed E-state index contributed by atoms with van der Waals surface area (Å²) in [5.41, 5.74) is 7.85. The van der Waals surface area contributed by atoms with Crippen LogP contribution in [0, 0.1) is 0 Å². The fraction of sp³-hybridized carbons (Fsp3) is 0.333. The van der Waals surface area contributed by atoms with Crippen LogP contribution in [-0.2, 0) is 12.3 Å². The second kappa shape index (κ2) is 4.37. The van der Waals surface area contributed by atoms with E-state index < -0.39 is 0 Å². The SMILES string of the molecule is NCCc1cccc(CCl)c1. The van der Waals surface area contributed by atoms with Gasteiger partial charge in [0.25, 0.3) is 0 Å². The van der Waals surface area contributed by atoms with E-state index in [1.165, 1.54) is 5.56 Å². The highest BCUT2D eigenvalue weighted by Gasteiger charge is 1.92. The summed E-state index contributed by atoms with van der Waals surface area (Å²) < 4.78 is 0. The van der Waals surface area contributed by atoms with E-state index in [1.807, 2.05) is 12.1 Å². The average Bonchev–Trinajstić information content (AvgIpc) is 2.06. The van der Waals surface area contributed by atoms with E-state index in [2.05, 4.69) is 12.1 Å². The summed E-state index contributed by atoms with van der Waals surface area (Å²) in [6.45, 7) is 0.700. The maximum atomic E-state index is 5.67. The molecule has 60 valence electrons. The van der Waals surface area contributed by atoms with Crippen molar-refractivity contribution in [3.05, 3.63) is 35.4 Å². The Kier molecular flexibility index (Phi) is 3.40. The minimum Gasteiger partial charge on any atom is -0.330 e. The van der Waals surface area contributed by atoms with Crippen LogP contribution in [0.15, 0.2) is 24.3 Å². The third kappa shape index (κ3) is 2.52. The molecule has 0 aliphatic heterocycles. The van der Waals surface area contributed by atoms with Gasteiger partial charge in [-0.15, -0.1) is 11.6 Å². The highest BCUT2D eigenvalue weighted by Crippen LogP contribution is 2.07. The Morgan fingerprint density at radius 2 is 2.00 bits per heavy atom. The van der Waals surface area contributed by atoms with Crippen molar-refractivity contribution in [1.29, 1.82) is 0 Å². The van der Waals surface area contributed by atoms with Crippen LogP contribution in [0.5, 0.6) is 0 Å². The summed E-state index contributed by atoms with van der Waals surface area (Å²) in [6.07, 6.45) is 0.935. The lowest BCUT2D eigenvalue weighted by Crippen LogP contribution is -2.02. The van der Waals surface area contributed by atoms with Gasteiger partial charge < -0.3 is 5.73 Å². The Labute approximate surface area is 72.2 Å². The summed E-state index contributed by atoms with van der Waals surface area (Å²) in [4.78, 5) is 0. The first-order valence-electron chi connectivity index (χ1n) is 3.70. The molecule has 2 N–H and O–H groups in total. The van der Waals surface area contributed by atoms with Crippen LogP contribution >= 0.6 is 11.6 Å². The van der Waals surface area contributed by atoms with Crippen molar-refractivity contribution >= 4 is 11.6 Å². The lowest BCUT2D eigenvalue weighted by atomic mass is 10.1. The number of rotatable bonds is 3. The summed E-state index contributed by atoms with van der Waals surface area (Å²) in [5.74, 6) is 0.582. The number of nitrogens with two attached hydrogens (primary N) is 1. The molecule has 0 aromatic heterocycles. The maximum Gasteiger partial charge on any atom is 0.0474 e. The van der Waals surface area contributed by atoms with Gasteiger partial charge in [-0.05, 0) is 24.1 Å². The van der Waals surface area contributed by atoms with Crippen LogP contribution in [0.4, 0.5) is 0 Å². The van der Waals surface area contributed by atoms with Crippen molar-refractivity contribution in [2.75, 3.05) is 6.54 Å². The molecule has 11 heavy (non-hydrogen) atoms. The number of hydrogen-bond donors (Lipinski definition) is 1. The normalized spacial score (nSPS) is 10.0. The van der Waals surface area contributed by atoms with Gasteiger partial charge >= 0.3 is 0 Å². The number of alkyl halides is 1. The van der Waals surface area contributed by atoms with Gasteiger partial charge in [-0.25, -0.2) is 0 Å². The minimum absolute atomic E-state index is 0.582. The van der Waals surface area contributed by atoms with Crippen LogP contribution in [0.25, 0.3) is 0 Å². The third-order valence-corrected chi connectivity index (χ3v) is 1.89. The molecular weight excluding hydrogens is 158 g/mol. The Morgan fingerprint density at radius 1 is 1.27 bits per heavy atom. The molecule has 1 aromatic rings. The molecule has 0 aliphatic carbocycles. The molecule has 0 unspecified atom stereocenters. The standard InChI is InChI=1S/C9H12ClN/c10-7-9-3-1-2-8(6-9)4-5-11/h1-3,6H,4-5,7,11H2. The van der Waals surface area contributed by atoms with Gasteiger partial charge in [-0.3, -0.25) is 0 Å². The molecule has 0 spiro atoms. The van der Waals surface area contributed by atoms with Crippen LogP contribution in [0.3, 0.4) is 0 Å². The largest absolute Gasteiger partial charge is 0.330 e. The van der Waals surface area contributed by atoms with Gasteiger partial charge in [0.05, 0.1) is 0 Å². The summed E-state index contributed by atoms with van der Waals surface area (Å²) >= 11 is 5.67. The Morgan fingerprint density at radius 3 is 2.64 bits per heavy atom. The van der Waals surface area contributed by atoms with E-state index in [-0.39, 0.29) is 0 Å². The van der Waals surface area contributed by atoms with Crippen molar-refractivity contribution in [3.63, 3.8) is 0 Å². The molecule has 1 nitrogen and oxygen atoms in total. The molecule has 0 heterocycles. The number of halogens is 1. The van der Waals surface area contributed by atoms with Gasteiger partial charge in [0.2, 0.25) is 0 Å². The molecule has 0 amide bonds. The van der Waals surface area contributed by atoms with Crippen LogP contribution in [0.1, 0.15) is 11.1 Å². The summed E-state index contributed by atoms with van der Waals surface area (Å²) in [7, 11) is 0. The number of hydrogen-bond acceptors (Lipinski definition) is 1. The average molecular weight is 170 g/mol. The molecule has 0 saturated heterocycles. The van der Waals surface area contributed by atoms with Gasteiger partial charge in [-0.1, -0.05) is 24.3 Å². The first kappa shape index (κ1) is 8.57. The third-order valence-electron chi connectivity index (χ3n) is 1.58. The van der Waals surface area contributed by atoms with Gasteiger partial charge in [0, 0.05) is 5.88 Å². The van der Waals surface area contributed by atoms with Crippen molar-refractivity contribution in [2.24, 2.45) is 5.73 Å². The van der Waals surface area contributed by atoms with Gasteiger partial charge in [0.1, 0.15) is 0 Å². The van der Waals surface area contributed by atoms with Crippen molar-refractivity contribution < 1.29 is 0 Å². The van der Waals surface area contributed by atoms with Gasteiger partial charge in [0.15, 0.2) is 0 Å². The zero-order chi connectivity index (χ0) is 8.10. The van der Waals surface area contributed by atoms with E-state index >= 15 is 0 Å². The lowest BCUT2D eigenvalue weighted by Gasteiger charge is -1.99. The second-order valence-corrected chi connectivity index (χ2v) is 2.76. The molecule has 1 rings (SSSR count). The smallest absolute Gasteiger partial charge is 0.0474 e. The number of benzene rings is 1.